The van der Waals surface area contributed by atoms with Crippen molar-refractivity contribution in [2.45, 2.75) is 39.5 Å². The number of likely N-dealkylation sites (tertiary alicyclic amines) is 1. The van der Waals surface area contributed by atoms with Crippen molar-refractivity contribution in [3.8, 4) is 17.6 Å². The number of nitrogens with zero attached hydrogens (tertiary/aromatic N) is 2. The highest BCUT2D eigenvalue weighted by atomic mass is 16.5. The monoisotopic (exact) mass is 470 g/mol. The summed E-state index contributed by atoms with van der Waals surface area (Å²) in [6, 6.07) is 14.3. The fourth-order valence-corrected chi connectivity index (χ4v) is 5.22. The number of aryl methyl sites for hydroxylation is 3. The maximum atomic E-state index is 12.1. The number of pyridine rings is 1. The van der Waals surface area contributed by atoms with Crippen molar-refractivity contribution in [1.82, 2.24) is 9.88 Å². The number of carboxylic acids is 1. The topological polar surface area (TPSA) is 62.7 Å². The first-order valence-corrected chi connectivity index (χ1v) is 12.4. The number of methoxy groups -OCH3 is 1. The summed E-state index contributed by atoms with van der Waals surface area (Å²) in [7, 11) is 1.67. The van der Waals surface area contributed by atoms with Crippen LogP contribution >= 0.6 is 0 Å². The number of aliphatic carboxylic acids is 1. The second-order valence-corrected chi connectivity index (χ2v) is 9.65. The summed E-state index contributed by atoms with van der Waals surface area (Å²) in [5.74, 6) is 6.49. The molecule has 1 N–H and O–H groups in total. The number of hydrogen-bond donors (Lipinski definition) is 1. The molecule has 2 aromatic carbocycles. The molecular weight excluding hydrogens is 436 g/mol. The van der Waals surface area contributed by atoms with Gasteiger partial charge in [-0.05, 0) is 105 Å². The summed E-state index contributed by atoms with van der Waals surface area (Å²) in [4.78, 5) is 18.7. The van der Waals surface area contributed by atoms with E-state index in [1.807, 2.05) is 24.4 Å². The summed E-state index contributed by atoms with van der Waals surface area (Å²) in [5.41, 5.74) is 5.63. The van der Waals surface area contributed by atoms with Gasteiger partial charge in [-0.3, -0.25) is 14.7 Å². The molecule has 1 aliphatic heterocycles. The Kier molecular flexibility index (Phi) is 8.05. The van der Waals surface area contributed by atoms with Crippen molar-refractivity contribution in [1.29, 1.82) is 0 Å². The van der Waals surface area contributed by atoms with Crippen LogP contribution in [0.25, 0.3) is 10.9 Å². The molecule has 0 bridgehead atoms. The molecule has 1 aromatic heterocycles. The van der Waals surface area contributed by atoms with Gasteiger partial charge in [0.2, 0.25) is 0 Å². The molecule has 0 unspecified atom stereocenters. The fraction of sp³-hybridized carbons (Fsp3) is 0.400. The Labute approximate surface area is 208 Å². The minimum absolute atomic E-state index is 0.193. The van der Waals surface area contributed by atoms with Gasteiger partial charge in [-0.2, -0.15) is 0 Å². The van der Waals surface area contributed by atoms with E-state index >= 15 is 0 Å². The number of rotatable bonds is 7. The molecular formula is C30H34N2O3. The van der Waals surface area contributed by atoms with Crippen LogP contribution in [0, 0.1) is 37.5 Å². The van der Waals surface area contributed by atoms with Crippen LogP contribution in [0.3, 0.4) is 0 Å². The number of carbonyl (C=O) groups is 1. The summed E-state index contributed by atoms with van der Waals surface area (Å²) in [5, 5.41) is 11.0. The van der Waals surface area contributed by atoms with Crippen LogP contribution in [-0.4, -0.2) is 47.7 Å². The quantitative estimate of drug-likeness (QED) is 0.478. The van der Waals surface area contributed by atoms with E-state index in [4.69, 9.17) is 4.74 Å². The van der Waals surface area contributed by atoms with E-state index in [1.165, 1.54) is 16.7 Å². The van der Waals surface area contributed by atoms with Gasteiger partial charge in [0.15, 0.2) is 0 Å². The van der Waals surface area contributed by atoms with Gasteiger partial charge in [0.1, 0.15) is 5.75 Å². The van der Waals surface area contributed by atoms with E-state index < -0.39 is 5.97 Å². The van der Waals surface area contributed by atoms with Crippen molar-refractivity contribution in [2.75, 3.05) is 26.7 Å². The third kappa shape index (κ3) is 6.41. The zero-order chi connectivity index (χ0) is 24.8. The molecule has 0 aliphatic carbocycles. The van der Waals surface area contributed by atoms with Gasteiger partial charge in [-0.15, -0.1) is 0 Å². The lowest BCUT2D eigenvalue weighted by atomic mass is 9.81. The third-order valence-corrected chi connectivity index (χ3v) is 6.97. The van der Waals surface area contributed by atoms with E-state index in [2.05, 4.69) is 59.8 Å². The highest BCUT2D eigenvalue weighted by Crippen LogP contribution is 2.30. The van der Waals surface area contributed by atoms with E-state index in [0.717, 1.165) is 54.4 Å². The Morgan fingerprint density at radius 3 is 2.71 bits per heavy atom. The second-order valence-electron chi connectivity index (χ2n) is 9.65. The van der Waals surface area contributed by atoms with E-state index in [-0.39, 0.29) is 11.8 Å². The first kappa shape index (κ1) is 24.8. The van der Waals surface area contributed by atoms with Crippen LogP contribution in [0.2, 0.25) is 0 Å². The summed E-state index contributed by atoms with van der Waals surface area (Å²) in [6.07, 6.45) is 5.51. The Balaban J connectivity index is 1.34. The molecule has 182 valence electrons. The highest BCUT2D eigenvalue weighted by Gasteiger charge is 2.33. The van der Waals surface area contributed by atoms with Crippen LogP contribution in [-0.2, 0) is 11.2 Å². The van der Waals surface area contributed by atoms with E-state index in [1.54, 1.807) is 7.11 Å². The van der Waals surface area contributed by atoms with Crippen molar-refractivity contribution in [3.05, 3.63) is 70.9 Å². The molecule has 0 saturated carbocycles. The van der Waals surface area contributed by atoms with Crippen molar-refractivity contribution >= 4 is 16.9 Å². The molecule has 35 heavy (non-hydrogen) atoms. The third-order valence-electron chi connectivity index (χ3n) is 6.97. The van der Waals surface area contributed by atoms with Gasteiger partial charge >= 0.3 is 5.97 Å². The average molecular weight is 471 g/mol. The maximum absolute atomic E-state index is 12.1. The molecule has 4 rings (SSSR count). The molecule has 0 amide bonds. The van der Waals surface area contributed by atoms with Gasteiger partial charge < -0.3 is 9.84 Å². The largest absolute Gasteiger partial charge is 0.497 e. The predicted molar refractivity (Wildman–Crippen MR) is 140 cm³/mol. The Morgan fingerprint density at radius 2 is 1.97 bits per heavy atom. The molecule has 1 saturated heterocycles. The Bertz CT molecular complexity index is 1240. The van der Waals surface area contributed by atoms with Crippen LogP contribution in [0.4, 0.5) is 0 Å². The summed E-state index contributed by atoms with van der Waals surface area (Å²) in [6.45, 7) is 6.22. The number of piperidine rings is 1. The van der Waals surface area contributed by atoms with Crippen LogP contribution in [0.15, 0.2) is 48.7 Å². The van der Waals surface area contributed by atoms with Crippen molar-refractivity contribution in [3.63, 3.8) is 0 Å². The Morgan fingerprint density at radius 1 is 1.17 bits per heavy atom. The lowest BCUT2D eigenvalue weighted by Crippen LogP contribution is -2.44. The lowest BCUT2D eigenvalue weighted by Gasteiger charge is -2.35. The first-order chi connectivity index (χ1) is 16.9. The van der Waals surface area contributed by atoms with Crippen molar-refractivity contribution < 1.29 is 14.6 Å². The smallest absolute Gasteiger partial charge is 0.308 e. The number of aromatic nitrogens is 1. The standard InChI is InChI=1S/C30H34N2O3/c1-21-16-22(2)18-23(17-21)6-5-14-32-15-12-25(28(20-32)30(33)34)8-4-7-24-11-13-31-29-10-9-26(35-3)19-27(24)29/h9-11,13,16-19,25,28H,4,7-8,12,14-15,20H2,1-3H3,(H,33,34)/t25-,28+/m1/s1. The van der Waals surface area contributed by atoms with Gasteiger partial charge in [-0.1, -0.05) is 17.9 Å². The lowest BCUT2D eigenvalue weighted by molar-refractivity contribution is -0.146. The van der Waals surface area contributed by atoms with Gasteiger partial charge in [-0.25, -0.2) is 0 Å². The fourth-order valence-electron chi connectivity index (χ4n) is 5.22. The number of hydrogen-bond acceptors (Lipinski definition) is 4. The molecule has 0 spiro atoms. The average Bonchev–Trinajstić information content (AvgIpc) is 2.84. The molecule has 2 atom stereocenters. The van der Waals surface area contributed by atoms with E-state index in [0.29, 0.717) is 13.1 Å². The van der Waals surface area contributed by atoms with Crippen molar-refractivity contribution in [2.24, 2.45) is 11.8 Å². The second kappa shape index (κ2) is 11.4. The number of benzene rings is 2. The van der Waals surface area contributed by atoms with Crippen LogP contribution in [0.5, 0.6) is 5.75 Å². The Hall–Kier alpha value is -3.36. The molecule has 2 heterocycles. The van der Waals surface area contributed by atoms with E-state index in [9.17, 15) is 9.90 Å². The normalized spacial score (nSPS) is 18.1. The van der Waals surface area contributed by atoms with Gasteiger partial charge in [0.25, 0.3) is 0 Å². The zero-order valence-electron chi connectivity index (χ0n) is 20.9. The van der Waals surface area contributed by atoms with Crippen LogP contribution in [0.1, 0.15) is 41.5 Å². The predicted octanol–water partition coefficient (Wildman–Crippen LogP) is 5.26. The maximum Gasteiger partial charge on any atom is 0.308 e. The molecule has 5 nitrogen and oxygen atoms in total. The first-order valence-electron chi connectivity index (χ1n) is 12.4. The molecule has 1 fully saturated rings. The number of carboxylic acid groups (broad SMARTS) is 1. The van der Waals surface area contributed by atoms with Gasteiger partial charge in [0, 0.05) is 23.7 Å². The summed E-state index contributed by atoms with van der Waals surface area (Å²) < 4.78 is 5.38. The molecule has 1 aliphatic rings. The molecule has 3 aromatic rings. The minimum Gasteiger partial charge on any atom is -0.497 e. The van der Waals surface area contributed by atoms with Crippen LogP contribution < -0.4 is 4.74 Å². The zero-order valence-corrected chi connectivity index (χ0v) is 20.9. The highest BCUT2D eigenvalue weighted by molar-refractivity contribution is 5.83. The molecule has 0 radical (unpaired) electrons. The SMILES string of the molecule is COc1ccc2nccc(CCC[C@@H]3CCN(CC#Cc4cc(C)cc(C)c4)C[C@@H]3C(=O)O)c2c1. The van der Waals surface area contributed by atoms with Gasteiger partial charge in [0.05, 0.1) is 25.1 Å². The number of ether oxygens (including phenoxy) is 1. The minimum atomic E-state index is -0.693. The molecule has 5 heteroatoms. The number of fused-ring (bicyclic) bond motifs is 1. The summed E-state index contributed by atoms with van der Waals surface area (Å²) >= 11 is 0.